The predicted octanol–water partition coefficient (Wildman–Crippen LogP) is 5.68. The SMILES string of the molecule is CC1=C(C(=O)N[C@@H](c2cccc(F)c2)C2CC2=O)c2cccc(Cl)c2CN1c1ccccc1. The number of nitrogens with one attached hydrogen (secondary N) is 1. The van der Waals surface area contributed by atoms with E-state index in [0.717, 1.165) is 22.5 Å². The number of halogens is 2. The molecular formula is C27H22ClFN2O2. The van der Waals surface area contributed by atoms with Gasteiger partial charge in [0, 0.05) is 35.3 Å². The van der Waals surface area contributed by atoms with Crippen molar-refractivity contribution in [3.63, 3.8) is 0 Å². The average Bonchev–Trinajstić information content (AvgIpc) is 3.53. The van der Waals surface area contributed by atoms with E-state index in [1.54, 1.807) is 12.1 Å². The van der Waals surface area contributed by atoms with Gasteiger partial charge >= 0.3 is 0 Å². The molecule has 33 heavy (non-hydrogen) atoms. The third kappa shape index (κ3) is 4.05. The highest BCUT2D eigenvalue weighted by molar-refractivity contribution is 6.32. The van der Waals surface area contributed by atoms with Crippen LogP contribution in [-0.2, 0) is 16.1 Å². The number of nitrogens with zero attached hydrogens (tertiary/aromatic N) is 1. The maximum Gasteiger partial charge on any atom is 0.254 e. The Balaban J connectivity index is 1.57. The molecule has 1 saturated carbocycles. The molecule has 1 fully saturated rings. The Morgan fingerprint density at radius 2 is 1.82 bits per heavy atom. The van der Waals surface area contributed by atoms with E-state index >= 15 is 0 Å². The van der Waals surface area contributed by atoms with E-state index in [0.29, 0.717) is 29.1 Å². The average molecular weight is 461 g/mol. The fourth-order valence-electron chi connectivity index (χ4n) is 4.53. The maximum absolute atomic E-state index is 13.9. The molecule has 1 heterocycles. The molecule has 0 spiro atoms. The van der Waals surface area contributed by atoms with Gasteiger partial charge in [0.05, 0.1) is 11.6 Å². The summed E-state index contributed by atoms with van der Waals surface area (Å²) in [5, 5.41) is 3.62. The van der Waals surface area contributed by atoms with Crippen molar-refractivity contribution in [2.45, 2.75) is 25.9 Å². The van der Waals surface area contributed by atoms with Gasteiger partial charge in [-0.25, -0.2) is 4.39 Å². The lowest BCUT2D eigenvalue weighted by atomic mass is 9.91. The second kappa shape index (κ2) is 8.49. The van der Waals surface area contributed by atoms with Crippen LogP contribution in [0.25, 0.3) is 5.57 Å². The van der Waals surface area contributed by atoms with Gasteiger partial charge in [0.2, 0.25) is 0 Å². The molecule has 0 radical (unpaired) electrons. The number of carbonyl (C=O) groups excluding carboxylic acids is 2. The summed E-state index contributed by atoms with van der Waals surface area (Å²) in [6.07, 6.45) is 0.373. The Kier molecular flexibility index (Phi) is 5.51. The quantitative estimate of drug-likeness (QED) is 0.533. The number of hydrogen-bond donors (Lipinski definition) is 1. The molecular weight excluding hydrogens is 439 g/mol. The topological polar surface area (TPSA) is 49.4 Å². The minimum Gasteiger partial charge on any atom is -0.344 e. The number of hydrogen-bond acceptors (Lipinski definition) is 3. The summed E-state index contributed by atoms with van der Waals surface area (Å²) < 4.78 is 13.9. The molecule has 1 aliphatic heterocycles. The molecule has 3 aromatic rings. The van der Waals surface area contributed by atoms with Crippen LogP contribution < -0.4 is 10.2 Å². The van der Waals surface area contributed by atoms with E-state index in [2.05, 4.69) is 10.2 Å². The van der Waals surface area contributed by atoms with Crippen LogP contribution >= 0.6 is 11.6 Å². The number of benzene rings is 3. The summed E-state index contributed by atoms with van der Waals surface area (Å²) in [6, 6.07) is 20.8. The lowest BCUT2D eigenvalue weighted by Crippen LogP contribution is -2.36. The summed E-state index contributed by atoms with van der Waals surface area (Å²) in [4.78, 5) is 27.8. The van der Waals surface area contributed by atoms with Gasteiger partial charge in [0.15, 0.2) is 0 Å². The molecule has 4 nitrogen and oxygen atoms in total. The molecule has 0 aromatic heterocycles. The third-order valence-electron chi connectivity index (χ3n) is 6.34. The van der Waals surface area contributed by atoms with Gasteiger partial charge in [-0.15, -0.1) is 0 Å². The summed E-state index contributed by atoms with van der Waals surface area (Å²) in [6.45, 7) is 2.45. The first-order valence-corrected chi connectivity index (χ1v) is 11.2. The number of amides is 1. The van der Waals surface area contributed by atoms with Crippen LogP contribution in [0.3, 0.4) is 0 Å². The number of rotatable bonds is 5. The first kappa shape index (κ1) is 21.4. The van der Waals surface area contributed by atoms with E-state index in [1.165, 1.54) is 12.1 Å². The first-order chi connectivity index (χ1) is 15.9. The van der Waals surface area contributed by atoms with Crippen molar-refractivity contribution in [1.82, 2.24) is 5.32 Å². The van der Waals surface area contributed by atoms with Crippen LogP contribution in [0.2, 0.25) is 5.02 Å². The van der Waals surface area contributed by atoms with Gasteiger partial charge in [0.1, 0.15) is 11.6 Å². The number of anilines is 1. The molecule has 0 saturated heterocycles. The van der Waals surface area contributed by atoms with E-state index in [-0.39, 0.29) is 17.6 Å². The second-order valence-electron chi connectivity index (χ2n) is 8.43. The smallest absolute Gasteiger partial charge is 0.254 e. The van der Waals surface area contributed by atoms with Crippen molar-refractivity contribution >= 4 is 34.6 Å². The molecule has 1 N–H and O–H groups in total. The molecule has 6 heteroatoms. The summed E-state index contributed by atoms with van der Waals surface area (Å²) >= 11 is 6.54. The Morgan fingerprint density at radius 1 is 1.09 bits per heavy atom. The lowest BCUT2D eigenvalue weighted by Gasteiger charge is -2.34. The van der Waals surface area contributed by atoms with Crippen molar-refractivity contribution < 1.29 is 14.0 Å². The zero-order chi connectivity index (χ0) is 23.1. The monoisotopic (exact) mass is 460 g/mol. The van der Waals surface area contributed by atoms with Crippen molar-refractivity contribution in [3.8, 4) is 0 Å². The van der Waals surface area contributed by atoms with Crippen LogP contribution in [0.15, 0.2) is 78.5 Å². The van der Waals surface area contributed by atoms with Gasteiger partial charge in [-0.3, -0.25) is 9.59 Å². The Labute approximate surface area is 196 Å². The number of allylic oxidation sites excluding steroid dienone is 1. The minimum atomic E-state index is -0.587. The van der Waals surface area contributed by atoms with Gasteiger partial charge in [-0.05, 0) is 53.9 Å². The molecule has 1 amide bonds. The van der Waals surface area contributed by atoms with E-state index in [1.807, 2.05) is 55.5 Å². The summed E-state index contributed by atoms with van der Waals surface area (Å²) in [7, 11) is 0. The number of ketones is 1. The third-order valence-corrected chi connectivity index (χ3v) is 6.69. The Morgan fingerprint density at radius 3 is 2.52 bits per heavy atom. The van der Waals surface area contributed by atoms with Gasteiger partial charge in [-0.1, -0.05) is 54.1 Å². The molecule has 1 aliphatic carbocycles. The lowest BCUT2D eigenvalue weighted by molar-refractivity contribution is -0.116. The molecule has 5 rings (SSSR count). The number of Topliss-reactive ketones (excluding diaryl/α,β-unsaturated/α-hetero) is 1. The number of carbonyl (C=O) groups is 2. The Bertz CT molecular complexity index is 1290. The van der Waals surface area contributed by atoms with Crippen molar-refractivity contribution in [2.24, 2.45) is 5.92 Å². The molecule has 2 aliphatic rings. The van der Waals surface area contributed by atoms with Crippen LogP contribution in [0.5, 0.6) is 0 Å². The van der Waals surface area contributed by atoms with Crippen LogP contribution in [0.1, 0.15) is 36.1 Å². The van der Waals surface area contributed by atoms with Crippen LogP contribution in [0, 0.1) is 11.7 Å². The van der Waals surface area contributed by atoms with E-state index < -0.39 is 11.9 Å². The van der Waals surface area contributed by atoms with Gasteiger partial charge in [0.25, 0.3) is 5.91 Å². The zero-order valence-electron chi connectivity index (χ0n) is 18.0. The highest BCUT2D eigenvalue weighted by Gasteiger charge is 2.44. The summed E-state index contributed by atoms with van der Waals surface area (Å²) in [5.74, 6) is -0.997. The zero-order valence-corrected chi connectivity index (χ0v) is 18.8. The predicted molar refractivity (Wildman–Crippen MR) is 127 cm³/mol. The van der Waals surface area contributed by atoms with Crippen molar-refractivity contribution in [3.05, 3.63) is 106 Å². The largest absolute Gasteiger partial charge is 0.344 e. The first-order valence-electron chi connectivity index (χ1n) is 10.8. The van der Waals surface area contributed by atoms with Gasteiger partial charge < -0.3 is 10.2 Å². The molecule has 1 unspecified atom stereocenters. The van der Waals surface area contributed by atoms with Crippen molar-refractivity contribution in [2.75, 3.05) is 4.90 Å². The van der Waals surface area contributed by atoms with E-state index in [9.17, 15) is 14.0 Å². The minimum absolute atomic E-state index is 0.0632. The number of fused-ring (bicyclic) bond motifs is 1. The summed E-state index contributed by atoms with van der Waals surface area (Å²) in [5.41, 5.74) is 4.45. The molecule has 3 aromatic carbocycles. The van der Waals surface area contributed by atoms with Crippen LogP contribution in [-0.4, -0.2) is 11.7 Å². The fourth-order valence-corrected chi connectivity index (χ4v) is 4.77. The highest BCUT2D eigenvalue weighted by Crippen LogP contribution is 2.41. The Hall–Kier alpha value is -3.44. The maximum atomic E-state index is 13.9. The molecule has 166 valence electrons. The number of para-hydroxylation sites is 1. The van der Waals surface area contributed by atoms with Crippen molar-refractivity contribution in [1.29, 1.82) is 0 Å². The van der Waals surface area contributed by atoms with E-state index in [4.69, 9.17) is 11.6 Å². The molecule has 0 bridgehead atoms. The fraction of sp³-hybridized carbons (Fsp3) is 0.185. The van der Waals surface area contributed by atoms with Gasteiger partial charge in [-0.2, -0.15) is 0 Å². The highest BCUT2D eigenvalue weighted by atomic mass is 35.5. The van der Waals surface area contributed by atoms with Crippen LogP contribution in [0.4, 0.5) is 10.1 Å². The standard InChI is InChI=1S/C27H22ClFN2O2/c1-16-25(27(33)30-26(21-14-24(21)32)17-7-5-8-18(29)13-17)20-11-6-12-23(28)22(20)15-31(16)19-9-3-2-4-10-19/h2-13,21,26H,14-15H2,1H3,(H,30,33)/t21?,26-/m0/s1. The second-order valence-corrected chi connectivity index (χ2v) is 8.84. The normalized spacial score (nSPS) is 18.1. The molecule has 2 atom stereocenters.